The van der Waals surface area contributed by atoms with Gasteiger partial charge in [0.15, 0.2) is 0 Å². The van der Waals surface area contributed by atoms with Crippen LogP contribution in [0.15, 0.2) is 24.3 Å². The molecule has 0 bridgehead atoms. The molecule has 0 amide bonds. The third kappa shape index (κ3) is 1.91. The SMILES string of the molecule is CC(C)c1cccc2cc(CO)c(Cl)nc12. The Hall–Kier alpha value is -1.12. The van der Waals surface area contributed by atoms with Crippen LogP contribution in [-0.4, -0.2) is 10.1 Å². The van der Waals surface area contributed by atoms with Crippen molar-refractivity contribution in [1.82, 2.24) is 4.98 Å². The molecule has 84 valence electrons. The standard InChI is InChI=1S/C13H14ClNO/c1-8(2)11-5-3-4-9-6-10(7-16)13(14)15-12(9)11/h3-6,8,16H,7H2,1-2H3. The maximum atomic E-state index is 9.13. The van der Waals surface area contributed by atoms with Gasteiger partial charge in [0.2, 0.25) is 0 Å². The number of hydrogen-bond acceptors (Lipinski definition) is 2. The molecule has 2 aromatic rings. The highest BCUT2D eigenvalue weighted by atomic mass is 35.5. The average Bonchev–Trinajstić information content (AvgIpc) is 2.27. The minimum absolute atomic E-state index is 0.0757. The summed E-state index contributed by atoms with van der Waals surface area (Å²) in [6, 6.07) is 7.96. The van der Waals surface area contributed by atoms with Crippen molar-refractivity contribution in [2.24, 2.45) is 0 Å². The van der Waals surface area contributed by atoms with Gasteiger partial charge in [0.25, 0.3) is 0 Å². The molecule has 1 aromatic heterocycles. The molecule has 0 aliphatic rings. The number of aliphatic hydroxyl groups excluding tert-OH is 1. The molecular formula is C13H14ClNO. The summed E-state index contributed by atoms with van der Waals surface area (Å²) in [5.41, 5.74) is 2.79. The van der Waals surface area contributed by atoms with Crippen LogP contribution in [0.5, 0.6) is 0 Å². The van der Waals surface area contributed by atoms with Crippen molar-refractivity contribution in [3.63, 3.8) is 0 Å². The van der Waals surface area contributed by atoms with Gasteiger partial charge < -0.3 is 5.11 Å². The molecule has 0 atom stereocenters. The molecule has 0 unspecified atom stereocenters. The maximum absolute atomic E-state index is 9.13. The van der Waals surface area contributed by atoms with E-state index >= 15 is 0 Å². The molecule has 0 aliphatic carbocycles. The maximum Gasteiger partial charge on any atom is 0.135 e. The van der Waals surface area contributed by atoms with Gasteiger partial charge in [-0.3, -0.25) is 0 Å². The minimum Gasteiger partial charge on any atom is -0.392 e. The second-order valence-corrected chi connectivity index (χ2v) is 4.53. The molecule has 0 radical (unpaired) electrons. The first-order chi connectivity index (χ1) is 7.63. The van der Waals surface area contributed by atoms with Crippen LogP contribution in [0.3, 0.4) is 0 Å². The number of pyridine rings is 1. The average molecular weight is 236 g/mol. The lowest BCUT2D eigenvalue weighted by Crippen LogP contribution is -1.95. The van der Waals surface area contributed by atoms with E-state index in [0.717, 1.165) is 10.9 Å². The van der Waals surface area contributed by atoms with E-state index in [1.54, 1.807) is 0 Å². The van der Waals surface area contributed by atoms with Crippen LogP contribution in [0.2, 0.25) is 5.15 Å². The highest BCUT2D eigenvalue weighted by molar-refractivity contribution is 6.30. The van der Waals surface area contributed by atoms with E-state index in [1.807, 2.05) is 18.2 Å². The number of halogens is 1. The normalized spacial score (nSPS) is 11.3. The summed E-state index contributed by atoms with van der Waals surface area (Å²) < 4.78 is 0. The molecule has 2 rings (SSSR count). The van der Waals surface area contributed by atoms with E-state index in [2.05, 4.69) is 24.9 Å². The molecule has 1 N–H and O–H groups in total. The molecule has 0 saturated heterocycles. The fraction of sp³-hybridized carbons (Fsp3) is 0.308. The second-order valence-electron chi connectivity index (χ2n) is 4.17. The van der Waals surface area contributed by atoms with E-state index < -0.39 is 0 Å². The van der Waals surface area contributed by atoms with Crippen molar-refractivity contribution in [1.29, 1.82) is 0 Å². The Balaban J connectivity index is 2.74. The molecule has 0 spiro atoms. The van der Waals surface area contributed by atoms with Crippen LogP contribution in [0.25, 0.3) is 10.9 Å². The van der Waals surface area contributed by atoms with Crippen molar-refractivity contribution in [2.45, 2.75) is 26.4 Å². The van der Waals surface area contributed by atoms with Gasteiger partial charge in [0.1, 0.15) is 5.15 Å². The van der Waals surface area contributed by atoms with Gasteiger partial charge in [-0.15, -0.1) is 0 Å². The first-order valence-electron chi connectivity index (χ1n) is 5.32. The molecule has 0 aliphatic heterocycles. The zero-order valence-electron chi connectivity index (χ0n) is 9.37. The second kappa shape index (κ2) is 4.40. The summed E-state index contributed by atoms with van der Waals surface area (Å²) in [7, 11) is 0. The van der Waals surface area contributed by atoms with E-state index in [1.165, 1.54) is 5.56 Å². The van der Waals surface area contributed by atoms with Gasteiger partial charge >= 0.3 is 0 Å². The Bertz CT molecular complexity index is 523. The minimum atomic E-state index is -0.0757. The number of aromatic nitrogens is 1. The smallest absolute Gasteiger partial charge is 0.135 e. The third-order valence-corrected chi connectivity index (χ3v) is 3.02. The van der Waals surface area contributed by atoms with E-state index in [0.29, 0.717) is 16.6 Å². The van der Waals surface area contributed by atoms with Gasteiger partial charge in [-0.05, 0) is 17.5 Å². The zero-order chi connectivity index (χ0) is 11.7. The lowest BCUT2D eigenvalue weighted by molar-refractivity contribution is 0.281. The molecular weight excluding hydrogens is 222 g/mol. The topological polar surface area (TPSA) is 33.1 Å². The summed E-state index contributed by atoms with van der Waals surface area (Å²) in [6.45, 7) is 4.18. The number of benzene rings is 1. The molecule has 16 heavy (non-hydrogen) atoms. The number of fused-ring (bicyclic) bond motifs is 1. The van der Waals surface area contributed by atoms with Crippen LogP contribution in [0, 0.1) is 0 Å². The van der Waals surface area contributed by atoms with E-state index in [4.69, 9.17) is 16.7 Å². The summed E-state index contributed by atoms with van der Waals surface area (Å²) in [5, 5.41) is 10.6. The molecule has 0 fully saturated rings. The summed E-state index contributed by atoms with van der Waals surface area (Å²) in [4.78, 5) is 4.37. The Labute approximate surface area is 99.9 Å². The van der Waals surface area contributed by atoms with E-state index in [-0.39, 0.29) is 6.61 Å². The number of rotatable bonds is 2. The van der Waals surface area contributed by atoms with Crippen LogP contribution in [0.1, 0.15) is 30.9 Å². The van der Waals surface area contributed by atoms with Crippen molar-refractivity contribution < 1.29 is 5.11 Å². The molecule has 3 heteroatoms. The molecule has 1 heterocycles. The van der Waals surface area contributed by atoms with Gasteiger partial charge in [-0.2, -0.15) is 0 Å². The zero-order valence-corrected chi connectivity index (χ0v) is 10.1. The van der Waals surface area contributed by atoms with Crippen molar-refractivity contribution >= 4 is 22.5 Å². The van der Waals surface area contributed by atoms with E-state index in [9.17, 15) is 0 Å². The quantitative estimate of drug-likeness (QED) is 0.809. The molecule has 0 saturated carbocycles. The predicted molar refractivity (Wildman–Crippen MR) is 66.8 cm³/mol. The molecule has 1 aromatic carbocycles. The van der Waals surface area contributed by atoms with Gasteiger partial charge in [0, 0.05) is 10.9 Å². The Morgan fingerprint density at radius 3 is 2.75 bits per heavy atom. The van der Waals surface area contributed by atoms with Gasteiger partial charge in [-0.25, -0.2) is 4.98 Å². The number of nitrogens with zero attached hydrogens (tertiary/aromatic N) is 1. The van der Waals surface area contributed by atoms with Crippen molar-refractivity contribution in [3.8, 4) is 0 Å². The summed E-state index contributed by atoms with van der Waals surface area (Å²) >= 11 is 6.01. The number of para-hydroxylation sites is 1. The Kier molecular flexibility index (Phi) is 3.13. The van der Waals surface area contributed by atoms with Crippen molar-refractivity contribution in [2.75, 3.05) is 0 Å². The number of hydrogen-bond donors (Lipinski definition) is 1. The molecule has 2 nitrogen and oxygen atoms in total. The largest absolute Gasteiger partial charge is 0.392 e. The summed E-state index contributed by atoms with van der Waals surface area (Å²) in [6.07, 6.45) is 0. The van der Waals surface area contributed by atoms with Crippen LogP contribution < -0.4 is 0 Å². The Morgan fingerprint density at radius 2 is 2.12 bits per heavy atom. The third-order valence-electron chi connectivity index (χ3n) is 2.70. The van der Waals surface area contributed by atoms with Crippen LogP contribution in [0.4, 0.5) is 0 Å². The predicted octanol–water partition coefficient (Wildman–Crippen LogP) is 3.50. The van der Waals surface area contributed by atoms with Gasteiger partial charge in [0.05, 0.1) is 12.1 Å². The van der Waals surface area contributed by atoms with Crippen molar-refractivity contribution in [3.05, 3.63) is 40.5 Å². The fourth-order valence-corrected chi connectivity index (χ4v) is 2.02. The lowest BCUT2D eigenvalue weighted by atomic mass is 9.99. The highest BCUT2D eigenvalue weighted by Gasteiger charge is 2.09. The highest BCUT2D eigenvalue weighted by Crippen LogP contribution is 2.27. The summed E-state index contributed by atoms with van der Waals surface area (Å²) in [5.74, 6) is 0.409. The monoisotopic (exact) mass is 235 g/mol. The Morgan fingerprint density at radius 1 is 1.38 bits per heavy atom. The first kappa shape index (κ1) is 11.4. The van der Waals surface area contributed by atoms with Crippen LogP contribution >= 0.6 is 11.6 Å². The first-order valence-corrected chi connectivity index (χ1v) is 5.70. The fourth-order valence-electron chi connectivity index (χ4n) is 1.82. The van der Waals surface area contributed by atoms with Gasteiger partial charge in [-0.1, -0.05) is 43.6 Å². The van der Waals surface area contributed by atoms with Crippen LogP contribution in [-0.2, 0) is 6.61 Å². The lowest BCUT2D eigenvalue weighted by Gasteiger charge is -2.10. The number of aliphatic hydroxyl groups is 1.